The van der Waals surface area contributed by atoms with Crippen LogP contribution in [-0.4, -0.2) is 49.2 Å². The monoisotopic (exact) mass is 503 g/mol. The average molecular weight is 503 g/mol. The van der Waals surface area contributed by atoms with E-state index in [9.17, 15) is 23.1 Å². The Balaban J connectivity index is 1.26. The second kappa shape index (κ2) is 9.30. The molecule has 2 saturated heterocycles. The van der Waals surface area contributed by atoms with Gasteiger partial charge in [-0.05, 0) is 48.2 Å². The maximum Gasteiger partial charge on any atom is 0.416 e. The molecule has 2 fully saturated rings. The maximum atomic E-state index is 12.8. The van der Waals surface area contributed by atoms with Crippen molar-refractivity contribution in [1.29, 1.82) is 0 Å². The van der Waals surface area contributed by atoms with Gasteiger partial charge in [-0.3, -0.25) is 0 Å². The van der Waals surface area contributed by atoms with Crippen LogP contribution in [0.25, 0.3) is 0 Å². The van der Waals surface area contributed by atoms with E-state index in [0.717, 1.165) is 23.3 Å². The number of aromatic carboxylic acids is 1. The van der Waals surface area contributed by atoms with Gasteiger partial charge in [-0.25, -0.2) is 9.48 Å². The van der Waals surface area contributed by atoms with Crippen molar-refractivity contribution in [3.8, 4) is 0 Å². The maximum absolute atomic E-state index is 12.8. The number of halogens is 3. The molecular formula is C25H24F3N3O5. The summed E-state index contributed by atoms with van der Waals surface area (Å²) in [6, 6.07) is 11.5. The van der Waals surface area contributed by atoms with Crippen molar-refractivity contribution in [1.82, 2.24) is 15.0 Å². The highest BCUT2D eigenvalue weighted by Gasteiger charge is 2.54. The first-order valence-corrected chi connectivity index (χ1v) is 11.5. The highest BCUT2D eigenvalue weighted by Crippen LogP contribution is 2.48. The predicted octanol–water partition coefficient (Wildman–Crippen LogP) is 3.98. The van der Waals surface area contributed by atoms with Gasteiger partial charge >= 0.3 is 12.1 Å². The lowest BCUT2D eigenvalue weighted by molar-refractivity contribution is -0.214. The molecule has 3 aromatic rings. The van der Waals surface area contributed by atoms with Crippen molar-refractivity contribution in [3.05, 3.63) is 82.7 Å². The van der Waals surface area contributed by atoms with Crippen LogP contribution in [0.2, 0.25) is 0 Å². The van der Waals surface area contributed by atoms with Crippen LogP contribution < -0.4 is 0 Å². The van der Waals surface area contributed by atoms with Crippen LogP contribution in [0.5, 0.6) is 0 Å². The van der Waals surface area contributed by atoms with Gasteiger partial charge in [-0.15, -0.1) is 5.10 Å². The summed E-state index contributed by atoms with van der Waals surface area (Å²) in [5.74, 6) is -1.96. The largest absolute Gasteiger partial charge is 0.478 e. The van der Waals surface area contributed by atoms with E-state index in [0.29, 0.717) is 37.9 Å². The molecule has 0 radical (unpaired) electrons. The van der Waals surface area contributed by atoms with Crippen LogP contribution in [0.4, 0.5) is 13.2 Å². The number of alkyl halides is 3. The highest BCUT2D eigenvalue weighted by molar-refractivity contribution is 5.87. The van der Waals surface area contributed by atoms with E-state index in [-0.39, 0.29) is 5.56 Å². The molecule has 0 amide bonds. The van der Waals surface area contributed by atoms with Crippen LogP contribution in [-0.2, 0) is 28.6 Å². The zero-order chi connectivity index (χ0) is 25.5. The summed E-state index contributed by atoms with van der Waals surface area (Å²) in [5, 5.41) is 27.9. The van der Waals surface area contributed by atoms with Crippen LogP contribution >= 0.6 is 0 Å². The van der Waals surface area contributed by atoms with Gasteiger partial charge in [0.1, 0.15) is 17.9 Å². The molecule has 0 saturated carbocycles. The fraction of sp³-hybridized carbons (Fsp3) is 0.400. The Morgan fingerprint density at radius 3 is 2.44 bits per heavy atom. The number of carboxylic acid groups (broad SMARTS) is 1. The van der Waals surface area contributed by atoms with Crippen LogP contribution in [0.15, 0.2) is 54.7 Å². The first-order valence-electron chi connectivity index (χ1n) is 11.5. The third-order valence-electron chi connectivity index (χ3n) is 6.66. The van der Waals surface area contributed by atoms with E-state index < -0.39 is 41.8 Å². The van der Waals surface area contributed by atoms with Crippen LogP contribution in [0.3, 0.4) is 0 Å². The second-order valence-corrected chi connectivity index (χ2v) is 9.18. The van der Waals surface area contributed by atoms with Gasteiger partial charge in [-0.1, -0.05) is 29.5 Å². The van der Waals surface area contributed by atoms with Crippen molar-refractivity contribution in [2.45, 2.75) is 62.5 Å². The minimum absolute atomic E-state index is 0.192. The van der Waals surface area contributed by atoms with Gasteiger partial charge in [0.15, 0.2) is 5.79 Å². The lowest BCUT2D eigenvalue weighted by Gasteiger charge is -2.33. The van der Waals surface area contributed by atoms with E-state index in [1.54, 1.807) is 23.0 Å². The molecule has 8 nitrogen and oxygen atoms in total. The third kappa shape index (κ3) is 4.99. The molecule has 36 heavy (non-hydrogen) atoms. The van der Waals surface area contributed by atoms with E-state index in [2.05, 4.69) is 10.3 Å². The molecule has 2 bridgehead atoms. The minimum atomic E-state index is -4.38. The lowest BCUT2D eigenvalue weighted by Crippen LogP contribution is -2.41. The molecular weight excluding hydrogens is 479 g/mol. The van der Waals surface area contributed by atoms with Crippen molar-refractivity contribution in [2.75, 3.05) is 0 Å². The fourth-order valence-electron chi connectivity index (χ4n) is 4.69. The Kier molecular flexibility index (Phi) is 6.31. The first-order chi connectivity index (χ1) is 17.1. The summed E-state index contributed by atoms with van der Waals surface area (Å²) >= 11 is 0. The summed E-state index contributed by atoms with van der Waals surface area (Å²) in [7, 11) is 0. The molecule has 0 spiro atoms. The summed E-state index contributed by atoms with van der Waals surface area (Å²) in [5.41, 5.74) is 1.57. The van der Waals surface area contributed by atoms with Gasteiger partial charge in [0, 0.05) is 12.8 Å². The van der Waals surface area contributed by atoms with Gasteiger partial charge < -0.3 is 19.7 Å². The summed E-state index contributed by atoms with van der Waals surface area (Å²) in [6.07, 6.45) is -2.90. The first kappa shape index (κ1) is 24.4. The van der Waals surface area contributed by atoms with E-state index >= 15 is 0 Å². The zero-order valence-corrected chi connectivity index (χ0v) is 19.1. The molecule has 2 aliphatic heterocycles. The number of ether oxygens (including phenoxy) is 2. The number of nitrogens with zero attached hydrogens (tertiary/aromatic N) is 3. The third-order valence-corrected chi connectivity index (χ3v) is 6.66. The Morgan fingerprint density at radius 2 is 1.78 bits per heavy atom. The predicted molar refractivity (Wildman–Crippen MR) is 119 cm³/mol. The van der Waals surface area contributed by atoms with Crippen molar-refractivity contribution in [2.24, 2.45) is 0 Å². The standard InChI is InChI=1S/C25H24F3N3O5/c26-25(27,28)18-7-3-15(4-8-18)9-11-24-12-10-20(32)22(36-24)21(35-24)19-14-31(30-29-19)13-16-1-5-17(6-2-16)23(33)34/h1-8,14,20-22,32H,9-13H2,(H,33,34)/t20-,21+,22-,24-/m0/s1. The number of aromatic nitrogens is 3. The molecule has 11 heteroatoms. The second-order valence-electron chi connectivity index (χ2n) is 9.18. The summed E-state index contributed by atoms with van der Waals surface area (Å²) in [6.45, 7) is 0.368. The summed E-state index contributed by atoms with van der Waals surface area (Å²) in [4.78, 5) is 11.0. The normalized spacial score (nSPS) is 25.7. The molecule has 3 heterocycles. The molecule has 1 aromatic heterocycles. The average Bonchev–Trinajstić information content (AvgIpc) is 3.44. The minimum Gasteiger partial charge on any atom is -0.478 e. The SMILES string of the molecule is O=C(O)c1ccc(Cn2cc([C@H]3O[C@]4(CCc5ccc(C(F)(F)F)cc5)CC[C@H](O)[C@@H]3O4)nn2)cc1. The Morgan fingerprint density at radius 1 is 1.08 bits per heavy atom. The van der Waals surface area contributed by atoms with Crippen molar-refractivity contribution < 1.29 is 37.7 Å². The lowest BCUT2D eigenvalue weighted by atomic mass is 9.94. The van der Waals surface area contributed by atoms with Gasteiger partial charge in [0.25, 0.3) is 0 Å². The number of hydrogen-bond acceptors (Lipinski definition) is 6. The number of benzene rings is 2. The number of aliphatic hydroxyl groups excluding tert-OH is 1. The van der Waals surface area contributed by atoms with E-state index in [1.165, 1.54) is 24.3 Å². The van der Waals surface area contributed by atoms with Crippen molar-refractivity contribution in [3.63, 3.8) is 0 Å². The zero-order valence-electron chi connectivity index (χ0n) is 19.1. The van der Waals surface area contributed by atoms with Gasteiger partial charge in [0.2, 0.25) is 0 Å². The summed E-state index contributed by atoms with van der Waals surface area (Å²) < 4.78 is 52.5. The fourth-order valence-corrected chi connectivity index (χ4v) is 4.69. The number of fused-ring (bicyclic) bond motifs is 2. The topological polar surface area (TPSA) is 107 Å². The Hall–Kier alpha value is -3.28. The molecule has 2 aliphatic rings. The molecule has 2 aromatic carbocycles. The molecule has 0 aliphatic carbocycles. The highest BCUT2D eigenvalue weighted by atomic mass is 19.4. The van der Waals surface area contributed by atoms with Crippen LogP contribution in [0.1, 0.15) is 58.1 Å². The molecule has 4 atom stereocenters. The number of rotatable bonds is 7. The van der Waals surface area contributed by atoms with Crippen LogP contribution in [0, 0.1) is 0 Å². The molecule has 5 rings (SSSR count). The van der Waals surface area contributed by atoms with Gasteiger partial charge in [-0.2, -0.15) is 13.2 Å². The van der Waals surface area contributed by atoms with E-state index in [4.69, 9.17) is 14.6 Å². The number of carbonyl (C=O) groups is 1. The van der Waals surface area contributed by atoms with Gasteiger partial charge in [0.05, 0.1) is 30.0 Å². The molecule has 2 N–H and O–H groups in total. The molecule has 0 unspecified atom stereocenters. The Bertz CT molecular complexity index is 1230. The Labute approximate surface area is 204 Å². The van der Waals surface area contributed by atoms with Crippen molar-refractivity contribution >= 4 is 5.97 Å². The number of carboxylic acids is 1. The number of aryl methyl sites for hydroxylation is 1. The number of aliphatic hydroxyl groups is 1. The number of hydrogen-bond donors (Lipinski definition) is 2. The smallest absolute Gasteiger partial charge is 0.416 e. The quantitative estimate of drug-likeness (QED) is 0.502. The molecule has 190 valence electrons. The van der Waals surface area contributed by atoms with E-state index in [1.807, 2.05) is 0 Å².